The van der Waals surface area contributed by atoms with E-state index in [1.165, 1.54) is 18.4 Å². The number of carbonyl (C=O) groups is 1. The highest BCUT2D eigenvalue weighted by atomic mass is 32.2. The molecule has 1 aromatic carbocycles. The number of carbonyl (C=O) groups excluding carboxylic acids is 1. The summed E-state index contributed by atoms with van der Waals surface area (Å²) in [6.45, 7) is 2.33. The normalized spacial score (nSPS) is 11.2. The Morgan fingerprint density at radius 3 is 2.60 bits per heavy atom. The summed E-state index contributed by atoms with van der Waals surface area (Å²) in [4.78, 5) is 13.8. The molecule has 132 valence electrons. The summed E-state index contributed by atoms with van der Waals surface area (Å²) in [5.41, 5.74) is 0.923. The molecule has 0 radical (unpaired) electrons. The Labute approximate surface area is 146 Å². The van der Waals surface area contributed by atoms with Crippen LogP contribution in [0.3, 0.4) is 0 Å². The fourth-order valence-electron chi connectivity index (χ4n) is 2.21. The highest BCUT2D eigenvalue weighted by Crippen LogP contribution is 2.10. The minimum absolute atomic E-state index is 0.0288. The van der Waals surface area contributed by atoms with E-state index in [1.807, 2.05) is 13.0 Å². The Morgan fingerprint density at radius 2 is 2.00 bits per heavy atom. The van der Waals surface area contributed by atoms with Gasteiger partial charge >= 0.3 is 0 Å². The van der Waals surface area contributed by atoms with E-state index in [9.17, 15) is 13.2 Å². The molecule has 1 heterocycles. The first-order valence-electron chi connectivity index (χ1n) is 7.65. The number of nitrogens with zero attached hydrogens (tertiary/aromatic N) is 2. The molecule has 0 atom stereocenters. The predicted molar refractivity (Wildman–Crippen MR) is 90.7 cm³/mol. The Kier molecular flexibility index (Phi) is 6.33. The molecule has 0 spiro atoms. The highest BCUT2D eigenvalue weighted by molar-refractivity contribution is 7.90. The van der Waals surface area contributed by atoms with E-state index in [0.29, 0.717) is 18.8 Å². The van der Waals surface area contributed by atoms with Crippen molar-refractivity contribution in [3.63, 3.8) is 0 Å². The topological polar surface area (TPSA) is 103 Å². The number of aryl methyl sites for hydroxylation is 1. The Morgan fingerprint density at radius 1 is 1.28 bits per heavy atom. The van der Waals surface area contributed by atoms with E-state index in [4.69, 9.17) is 9.68 Å². The van der Waals surface area contributed by atoms with Gasteiger partial charge in [0.2, 0.25) is 5.91 Å². The zero-order valence-electron chi connectivity index (χ0n) is 13.8. The molecule has 0 unspecified atom stereocenters. The summed E-state index contributed by atoms with van der Waals surface area (Å²) in [6.07, 6.45) is 1.73. The van der Waals surface area contributed by atoms with Gasteiger partial charge in [0.05, 0.1) is 30.3 Å². The molecule has 0 fully saturated rings. The van der Waals surface area contributed by atoms with Crippen LogP contribution in [0.4, 0.5) is 0 Å². The smallest absolute Gasteiger partial charge is 0.264 e. The molecule has 8 heteroatoms. The molecule has 0 aliphatic heterocycles. The van der Waals surface area contributed by atoms with Crippen LogP contribution in [0.5, 0.6) is 0 Å². The van der Waals surface area contributed by atoms with Crippen LogP contribution in [0, 0.1) is 18.3 Å². The van der Waals surface area contributed by atoms with Crippen LogP contribution < -0.4 is 4.72 Å². The number of nitrogens with one attached hydrogen (secondary N) is 1. The third-order valence-corrected chi connectivity index (χ3v) is 4.84. The standard InChI is InChI=1S/C17H19N3O4S/c1-14-5-7-16(8-6-14)25(22,23)19-17(21)13-20(10-3-9-18)12-15-4-2-11-24-15/h2,4-8,11H,3,10,12-13H2,1H3,(H,19,21). The van der Waals surface area contributed by atoms with Crippen molar-refractivity contribution in [3.8, 4) is 6.07 Å². The molecule has 0 aliphatic rings. The zero-order chi connectivity index (χ0) is 18.3. The number of benzene rings is 1. The first kappa shape index (κ1) is 18.7. The maximum absolute atomic E-state index is 12.2. The molecule has 2 rings (SSSR count). The second kappa shape index (κ2) is 8.46. The summed E-state index contributed by atoms with van der Waals surface area (Å²) in [7, 11) is -3.92. The van der Waals surface area contributed by atoms with Crippen LogP contribution in [0.15, 0.2) is 52.0 Å². The van der Waals surface area contributed by atoms with Gasteiger partial charge in [-0.1, -0.05) is 17.7 Å². The van der Waals surface area contributed by atoms with Gasteiger partial charge in [0.25, 0.3) is 10.0 Å². The van der Waals surface area contributed by atoms with E-state index < -0.39 is 15.9 Å². The molecular formula is C17H19N3O4S. The number of hydrogen-bond donors (Lipinski definition) is 1. The number of amides is 1. The van der Waals surface area contributed by atoms with Crippen molar-refractivity contribution in [1.29, 1.82) is 5.26 Å². The summed E-state index contributed by atoms with van der Waals surface area (Å²) < 4.78 is 31.8. The van der Waals surface area contributed by atoms with Crippen molar-refractivity contribution < 1.29 is 17.6 Å². The van der Waals surface area contributed by atoms with Crippen molar-refractivity contribution in [2.24, 2.45) is 0 Å². The largest absolute Gasteiger partial charge is 0.468 e. The molecule has 0 bridgehead atoms. The number of nitriles is 1. The third kappa shape index (κ3) is 5.74. The highest BCUT2D eigenvalue weighted by Gasteiger charge is 2.20. The maximum atomic E-state index is 12.2. The predicted octanol–water partition coefficient (Wildman–Crippen LogP) is 1.81. The van der Waals surface area contributed by atoms with Gasteiger partial charge in [-0.25, -0.2) is 13.1 Å². The van der Waals surface area contributed by atoms with Crippen LogP contribution in [0.25, 0.3) is 0 Å². The Bertz CT molecular complexity index is 837. The average Bonchev–Trinajstić information content (AvgIpc) is 3.05. The lowest BCUT2D eigenvalue weighted by Crippen LogP contribution is -2.40. The lowest BCUT2D eigenvalue weighted by molar-refractivity contribution is -0.120. The number of rotatable bonds is 8. The molecule has 25 heavy (non-hydrogen) atoms. The van der Waals surface area contributed by atoms with Crippen molar-refractivity contribution in [3.05, 3.63) is 54.0 Å². The molecule has 0 saturated heterocycles. The monoisotopic (exact) mass is 361 g/mol. The van der Waals surface area contributed by atoms with Gasteiger partial charge in [0, 0.05) is 13.0 Å². The van der Waals surface area contributed by atoms with E-state index in [1.54, 1.807) is 29.2 Å². The Hall–Kier alpha value is -2.63. The summed E-state index contributed by atoms with van der Waals surface area (Å²) in [6, 6.07) is 11.7. The minimum atomic E-state index is -3.92. The first-order valence-corrected chi connectivity index (χ1v) is 9.13. The minimum Gasteiger partial charge on any atom is -0.468 e. The van der Waals surface area contributed by atoms with E-state index >= 15 is 0 Å². The molecule has 1 N–H and O–H groups in total. The molecule has 2 aromatic rings. The zero-order valence-corrected chi connectivity index (χ0v) is 14.6. The lowest BCUT2D eigenvalue weighted by Gasteiger charge is -2.19. The second-order valence-corrected chi connectivity index (χ2v) is 7.22. The van der Waals surface area contributed by atoms with Crippen LogP contribution in [0.1, 0.15) is 17.7 Å². The number of furan rings is 1. The fourth-order valence-corrected chi connectivity index (χ4v) is 3.18. The maximum Gasteiger partial charge on any atom is 0.264 e. The first-order chi connectivity index (χ1) is 11.9. The summed E-state index contributed by atoms with van der Waals surface area (Å²) >= 11 is 0. The molecule has 0 aliphatic carbocycles. The molecule has 1 aromatic heterocycles. The average molecular weight is 361 g/mol. The summed E-state index contributed by atoms with van der Waals surface area (Å²) in [5.74, 6) is -0.0304. The van der Waals surface area contributed by atoms with Gasteiger partial charge in [-0.05, 0) is 31.2 Å². The second-order valence-electron chi connectivity index (χ2n) is 5.54. The molecule has 0 saturated carbocycles. The lowest BCUT2D eigenvalue weighted by atomic mass is 10.2. The van der Waals surface area contributed by atoms with Crippen LogP contribution in [-0.2, 0) is 21.4 Å². The number of hydrogen-bond acceptors (Lipinski definition) is 6. The molecular weight excluding hydrogens is 342 g/mol. The van der Waals surface area contributed by atoms with Crippen LogP contribution >= 0.6 is 0 Å². The SMILES string of the molecule is Cc1ccc(S(=O)(=O)NC(=O)CN(CCC#N)Cc2ccco2)cc1. The van der Waals surface area contributed by atoms with Gasteiger partial charge in [-0.3, -0.25) is 9.69 Å². The molecule has 7 nitrogen and oxygen atoms in total. The van der Waals surface area contributed by atoms with E-state index in [0.717, 1.165) is 5.56 Å². The van der Waals surface area contributed by atoms with E-state index in [-0.39, 0.29) is 17.9 Å². The van der Waals surface area contributed by atoms with Gasteiger partial charge in [-0.2, -0.15) is 5.26 Å². The quantitative estimate of drug-likeness (QED) is 0.769. The fraction of sp³-hybridized carbons (Fsp3) is 0.294. The van der Waals surface area contributed by atoms with Gasteiger partial charge in [0.15, 0.2) is 0 Å². The van der Waals surface area contributed by atoms with Gasteiger partial charge < -0.3 is 4.42 Å². The van der Waals surface area contributed by atoms with Crippen LogP contribution in [-0.4, -0.2) is 32.3 Å². The van der Waals surface area contributed by atoms with Gasteiger partial charge in [0.1, 0.15) is 5.76 Å². The summed E-state index contributed by atoms with van der Waals surface area (Å²) in [5, 5.41) is 8.74. The van der Waals surface area contributed by atoms with E-state index in [2.05, 4.69) is 4.72 Å². The van der Waals surface area contributed by atoms with Crippen molar-refractivity contribution in [2.75, 3.05) is 13.1 Å². The van der Waals surface area contributed by atoms with Gasteiger partial charge in [-0.15, -0.1) is 0 Å². The van der Waals surface area contributed by atoms with Crippen molar-refractivity contribution in [2.45, 2.75) is 24.8 Å². The Balaban J connectivity index is 2.02. The van der Waals surface area contributed by atoms with Crippen LogP contribution in [0.2, 0.25) is 0 Å². The third-order valence-electron chi connectivity index (χ3n) is 3.45. The number of sulfonamides is 1. The van der Waals surface area contributed by atoms with Crippen molar-refractivity contribution in [1.82, 2.24) is 9.62 Å². The van der Waals surface area contributed by atoms with Crippen molar-refractivity contribution >= 4 is 15.9 Å². The molecule has 1 amide bonds.